The maximum Gasteiger partial charge on any atom is 0.328 e. The molecule has 0 saturated heterocycles. The number of hydrogen-bond donors (Lipinski definition) is 6. The third-order valence-corrected chi connectivity index (χ3v) is 11.5. The number of carbonyl (C=O) groups is 6. The predicted octanol–water partition coefficient (Wildman–Crippen LogP) is 0.815. The molecule has 0 aromatic carbocycles. The second-order valence-electron chi connectivity index (χ2n) is 14.4. The third kappa shape index (κ3) is 6.50. The summed E-state index contributed by atoms with van der Waals surface area (Å²) < 4.78 is 5.18. The van der Waals surface area contributed by atoms with Crippen LogP contribution in [0.2, 0.25) is 0 Å². The van der Waals surface area contributed by atoms with Gasteiger partial charge in [0.1, 0.15) is 17.7 Å². The van der Waals surface area contributed by atoms with Gasteiger partial charge in [-0.05, 0) is 73.7 Å². The molecule has 0 radical (unpaired) electrons. The summed E-state index contributed by atoms with van der Waals surface area (Å²) in [6.07, 6.45) is 3.81. The highest BCUT2D eigenvalue weighted by Crippen LogP contribution is 2.67. The molecular formula is C33H48N2O11. The molecule has 0 bridgehead atoms. The van der Waals surface area contributed by atoms with Gasteiger partial charge in [0.15, 0.2) is 12.4 Å². The quantitative estimate of drug-likeness (QED) is 0.163. The highest BCUT2D eigenvalue weighted by atomic mass is 16.5. The summed E-state index contributed by atoms with van der Waals surface area (Å²) in [4.78, 5) is 74.2. The van der Waals surface area contributed by atoms with Gasteiger partial charge in [0.25, 0.3) is 0 Å². The molecule has 4 aliphatic carbocycles. The predicted molar refractivity (Wildman–Crippen MR) is 162 cm³/mol. The minimum absolute atomic E-state index is 0.0282. The Morgan fingerprint density at radius 2 is 1.74 bits per heavy atom. The first-order valence-corrected chi connectivity index (χ1v) is 16.2. The number of aliphatic hydroxyl groups is 3. The lowest BCUT2D eigenvalue weighted by Crippen LogP contribution is -2.62. The summed E-state index contributed by atoms with van der Waals surface area (Å²) in [5.74, 6) is -4.76. The van der Waals surface area contributed by atoms with E-state index >= 15 is 0 Å². The van der Waals surface area contributed by atoms with Gasteiger partial charge in [-0.2, -0.15) is 0 Å². The Labute approximate surface area is 268 Å². The normalized spacial score (nSPS) is 34.7. The van der Waals surface area contributed by atoms with Crippen LogP contribution in [0.5, 0.6) is 0 Å². The van der Waals surface area contributed by atoms with Crippen LogP contribution in [0.1, 0.15) is 85.5 Å². The first-order valence-electron chi connectivity index (χ1n) is 16.2. The van der Waals surface area contributed by atoms with Gasteiger partial charge < -0.3 is 35.8 Å². The highest BCUT2D eigenvalue weighted by Gasteiger charge is 2.68. The zero-order valence-corrected chi connectivity index (χ0v) is 27.0. The van der Waals surface area contributed by atoms with E-state index in [-0.39, 0.29) is 48.2 Å². The molecule has 0 unspecified atom stereocenters. The van der Waals surface area contributed by atoms with Gasteiger partial charge >= 0.3 is 11.9 Å². The van der Waals surface area contributed by atoms with E-state index in [2.05, 4.69) is 17.6 Å². The number of ether oxygens (including phenoxy) is 1. The molecule has 13 heteroatoms. The Hall–Kier alpha value is -3.16. The van der Waals surface area contributed by atoms with Crippen molar-refractivity contribution >= 4 is 35.3 Å². The van der Waals surface area contributed by atoms with Crippen LogP contribution in [-0.2, 0) is 33.5 Å². The average Bonchev–Trinajstić information content (AvgIpc) is 3.26. The number of Topliss-reactive ketones (excluding diaryl/α,β-unsaturated/α-hetero) is 1. The van der Waals surface area contributed by atoms with Crippen LogP contribution in [-0.4, -0.2) is 92.7 Å². The molecule has 0 heterocycles. The number of carboxylic acid groups (broad SMARTS) is 1. The van der Waals surface area contributed by atoms with Crippen molar-refractivity contribution in [2.45, 2.75) is 109 Å². The summed E-state index contributed by atoms with van der Waals surface area (Å²) >= 11 is 0. The SMILES string of the molecule is CC(C)[C@H](NC(=O)CCC(=O)OCC(=O)[C@@]1(O)CC[C@H]2[C@@H]3CCC4=CC(=O)CC[C@]4(C)[C@H]3[C@H](O)C[C@@]21C)C(=O)N[C@H](CO)C(=O)O. The maximum atomic E-state index is 13.5. The highest BCUT2D eigenvalue weighted by molar-refractivity contribution is 5.93. The zero-order valence-electron chi connectivity index (χ0n) is 27.0. The average molecular weight is 649 g/mol. The van der Waals surface area contributed by atoms with E-state index in [1.54, 1.807) is 19.9 Å². The van der Waals surface area contributed by atoms with Crippen molar-refractivity contribution in [2.24, 2.45) is 34.5 Å². The molecule has 3 fully saturated rings. The molecule has 4 rings (SSSR count). The van der Waals surface area contributed by atoms with Gasteiger partial charge in [-0.15, -0.1) is 0 Å². The number of amides is 2. The lowest BCUT2D eigenvalue weighted by Gasteiger charge is -2.60. The molecular weight excluding hydrogens is 600 g/mol. The van der Waals surface area contributed by atoms with Crippen LogP contribution in [0.15, 0.2) is 11.6 Å². The number of hydrogen-bond acceptors (Lipinski definition) is 10. The van der Waals surface area contributed by atoms with Crippen LogP contribution in [0.25, 0.3) is 0 Å². The van der Waals surface area contributed by atoms with E-state index < -0.39 is 84.3 Å². The minimum Gasteiger partial charge on any atom is -0.480 e. The Kier molecular flexibility index (Phi) is 10.5. The fourth-order valence-corrected chi connectivity index (χ4v) is 8.93. The standard InChI is InChI=1S/C33H48N2O11/c1-17(2)28(29(42)34-22(15-36)30(43)44)35-25(40)7-8-26(41)46-16-24(39)33(45)12-10-21-20-6-5-18-13-19(37)9-11-31(18,3)27(20)23(38)14-32(21,33)4/h13,17,20-23,27-28,36,38,45H,5-12,14-16H2,1-4H3,(H,34,42)(H,35,40)(H,43,44)/t20-,21-,22+,23+,27+,28-,31-,32-,33-/m0/s1. The molecule has 3 saturated carbocycles. The van der Waals surface area contributed by atoms with E-state index in [9.17, 15) is 39.0 Å². The number of nitrogens with one attached hydrogen (secondary N) is 2. The molecule has 0 aliphatic heterocycles. The molecule has 2 amide bonds. The number of carbonyl (C=O) groups excluding carboxylic acids is 5. The molecule has 256 valence electrons. The second kappa shape index (κ2) is 13.5. The number of ketones is 2. The van der Waals surface area contributed by atoms with Crippen molar-refractivity contribution in [1.82, 2.24) is 10.6 Å². The number of esters is 1. The molecule has 9 atom stereocenters. The molecule has 0 spiro atoms. The molecule has 13 nitrogen and oxygen atoms in total. The lowest BCUT2D eigenvalue weighted by molar-refractivity contribution is -0.184. The van der Waals surface area contributed by atoms with Crippen LogP contribution in [0.3, 0.4) is 0 Å². The smallest absolute Gasteiger partial charge is 0.328 e. The van der Waals surface area contributed by atoms with Gasteiger partial charge in [-0.3, -0.25) is 24.0 Å². The Bertz CT molecular complexity index is 1300. The summed E-state index contributed by atoms with van der Waals surface area (Å²) in [5, 5.41) is 46.2. The third-order valence-electron chi connectivity index (χ3n) is 11.5. The Morgan fingerprint density at radius 1 is 1.04 bits per heavy atom. The fraction of sp³-hybridized carbons (Fsp3) is 0.758. The topological polar surface area (TPSA) is 217 Å². The second-order valence-corrected chi connectivity index (χ2v) is 14.4. The van der Waals surface area contributed by atoms with Gasteiger partial charge in [0.2, 0.25) is 17.6 Å². The monoisotopic (exact) mass is 648 g/mol. The van der Waals surface area contributed by atoms with Gasteiger partial charge in [0.05, 0.1) is 19.1 Å². The first kappa shape index (κ1) is 35.7. The zero-order chi connectivity index (χ0) is 34.2. The van der Waals surface area contributed by atoms with Crippen molar-refractivity contribution in [3.63, 3.8) is 0 Å². The molecule has 46 heavy (non-hydrogen) atoms. The van der Waals surface area contributed by atoms with Crippen molar-refractivity contribution in [3.05, 3.63) is 11.6 Å². The van der Waals surface area contributed by atoms with E-state index in [0.29, 0.717) is 19.3 Å². The number of rotatable bonds is 12. The summed E-state index contributed by atoms with van der Waals surface area (Å²) in [7, 11) is 0. The number of carboxylic acids is 1. The lowest BCUT2D eigenvalue weighted by atomic mass is 9.45. The van der Waals surface area contributed by atoms with Crippen LogP contribution < -0.4 is 10.6 Å². The van der Waals surface area contributed by atoms with Crippen molar-refractivity contribution in [1.29, 1.82) is 0 Å². The minimum atomic E-state index is -1.80. The van der Waals surface area contributed by atoms with E-state index in [1.807, 2.05) is 6.92 Å². The number of aliphatic carboxylic acids is 1. The van der Waals surface area contributed by atoms with E-state index in [0.717, 1.165) is 18.4 Å². The van der Waals surface area contributed by atoms with Crippen molar-refractivity contribution in [2.75, 3.05) is 13.2 Å². The summed E-state index contributed by atoms with van der Waals surface area (Å²) in [6.45, 7) is 5.71. The molecule has 6 N–H and O–H groups in total. The number of fused-ring (bicyclic) bond motifs is 5. The summed E-state index contributed by atoms with van der Waals surface area (Å²) in [6, 6.07) is -2.66. The van der Waals surface area contributed by atoms with Crippen molar-refractivity contribution in [3.8, 4) is 0 Å². The van der Waals surface area contributed by atoms with Crippen LogP contribution in [0.4, 0.5) is 0 Å². The molecule has 0 aromatic heterocycles. The largest absolute Gasteiger partial charge is 0.480 e. The molecule has 4 aliphatic rings. The molecule has 0 aromatic rings. The summed E-state index contributed by atoms with van der Waals surface area (Å²) in [5.41, 5.74) is -1.94. The fourth-order valence-electron chi connectivity index (χ4n) is 8.93. The van der Waals surface area contributed by atoms with Crippen molar-refractivity contribution < 1.29 is 53.9 Å². The Morgan fingerprint density at radius 3 is 2.37 bits per heavy atom. The van der Waals surface area contributed by atoms with Gasteiger partial charge in [-0.25, -0.2) is 4.79 Å². The van der Waals surface area contributed by atoms with E-state index in [4.69, 9.17) is 14.9 Å². The van der Waals surface area contributed by atoms with E-state index in [1.165, 1.54) is 0 Å². The first-order chi connectivity index (χ1) is 21.5. The van der Waals surface area contributed by atoms with Gasteiger partial charge in [0, 0.05) is 18.3 Å². The number of allylic oxidation sites excluding steroid dienone is 1. The van der Waals surface area contributed by atoms with Crippen LogP contribution in [0, 0.1) is 34.5 Å². The van der Waals surface area contributed by atoms with Crippen LogP contribution >= 0.6 is 0 Å². The number of aliphatic hydroxyl groups excluding tert-OH is 2. The maximum absolute atomic E-state index is 13.5. The van der Waals surface area contributed by atoms with Gasteiger partial charge in [-0.1, -0.05) is 33.3 Å². The Balaban J connectivity index is 1.33.